The first-order valence-electron chi connectivity index (χ1n) is 11.6. The van der Waals surface area contributed by atoms with Gasteiger partial charge in [-0.25, -0.2) is 0 Å². The number of fused-ring (bicyclic) bond motifs is 1. The van der Waals surface area contributed by atoms with E-state index in [9.17, 15) is 9.59 Å². The van der Waals surface area contributed by atoms with Gasteiger partial charge < -0.3 is 14.5 Å². The number of hydrogen-bond donors (Lipinski definition) is 0. The summed E-state index contributed by atoms with van der Waals surface area (Å²) in [4.78, 5) is 31.1. The minimum absolute atomic E-state index is 0.164. The predicted octanol–water partition coefficient (Wildman–Crippen LogP) is 2.65. The van der Waals surface area contributed by atoms with Gasteiger partial charge in [0.15, 0.2) is 0 Å². The Morgan fingerprint density at radius 3 is 2.57 bits per heavy atom. The van der Waals surface area contributed by atoms with Crippen molar-refractivity contribution in [3.8, 4) is 5.75 Å². The van der Waals surface area contributed by atoms with Gasteiger partial charge in [-0.05, 0) is 42.4 Å². The highest BCUT2D eigenvalue weighted by Gasteiger charge is 2.59. The molecule has 2 heterocycles. The van der Waals surface area contributed by atoms with Crippen molar-refractivity contribution in [2.45, 2.75) is 52.1 Å². The van der Waals surface area contributed by atoms with E-state index in [-0.39, 0.29) is 11.8 Å². The van der Waals surface area contributed by atoms with E-state index in [0.29, 0.717) is 31.0 Å². The highest BCUT2D eigenvalue weighted by molar-refractivity contribution is 5.83. The van der Waals surface area contributed by atoms with E-state index in [1.165, 1.54) is 31.2 Å². The maximum absolute atomic E-state index is 13.2. The van der Waals surface area contributed by atoms with Gasteiger partial charge in [0.1, 0.15) is 12.4 Å². The number of carbonyl (C=O) groups excluding carboxylic acids is 2. The monoisotopic (exact) mass is 411 g/mol. The summed E-state index contributed by atoms with van der Waals surface area (Å²) in [7, 11) is 0. The largest absolute Gasteiger partial charge is 0.491 e. The van der Waals surface area contributed by atoms with Gasteiger partial charge in [-0.15, -0.1) is 0 Å². The molecule has 3 fully saturated rings. The molecule has 6 heteroatoms. The van der Waals surface area contributed by atoms with Crippen molar-refractivity contribution in [2.24, 2.45) is 11.3 Å². The highest BCUT2D eigenvalue weighted by Crippen LogP contribution is 2.63. The van der Waals surface area contributed by atoms with E-state index in [4.69, 9.17) is 4.74 Å². The van der Waals surface area contributed by atoms with Crippen molar-refractivity contribution in [1.82, 2.24) is 14.7 Å². The molecule has 162 valence electrons. The van der Waals surface area contributed by atoms with Crippen LogP contribution in [0.1, 0.15) is 50.2 Å². The van der Waals surface area contributed by atoms with Crippen LogP contribution in [-0.4, -0.2) is 65.8 Å². The fourth-order valence-electron chi connectivity index (χ4n) is 5.76. The topological polar surface area (TPSA) is 53.1 Å². The van der Waals surface area contributed by atoms with E-state index in [0.717, 1.165) is 50.5 Å². The van der Waals surface area contributed by atoms with Crippen molar-refractivity contribution in [1.29, 1.82) is 0 Å². The van der Waals surface area contributed by atoms with Crippen LogP contribution in [0.3, 0.4) is 0 Å². The standard InChI is InChI=1S/C24H33N3O3/c1-18(28)26-10-8-25(9-11-26)16-19-4-5-22-20(14-19)17-27(12-13-30-22)23(29)21-15-24(21)6-2-3-7-24/h4-5,14,21H,2-3,6-13,15-17H2,1H3/t21-/m0/s1. The minimum Gasteiger partial charge on any atom is -0.491 e. The number of ether oxygens (including phenoxy) is 1. The number of benzene rings is 1. The molecule has 0 bridgehead atoms. The molecule has 30 heavy (non-hydrogen) atoms. The average Bonchev–Trinajstić information content (AvgIpc) is 3.32. The summed E-state index contributed by atoms with van der Waals surface area (Å²) in [6.07, 6.45) is 6.17. The molecule has 2 saturated carbocycles. The summed E-state index contributed by atoms with van der Waals surface area (Å²) < 4.78 is 5.98. The van der Waals surface area contributed by atoms with E-state index in [2.05, 4.69) is 23.1 Å². The molecule has 1 aromatic rings. The Bertz CT molecular complexity index is 825. The van der Waals surface area contributed by atoms with E-state index in [1.807, 2.05) is 9.80 Å². The van der Waals surface area contributed by atoms with Gasteiger partial charge in [-0.2, -0.15) is 0 Å². The third-order valence-electron chi connectivity index (χ3n) is 7.73. The minimum atomic E-state index is 0.164. The Hall–Kier alpha value is -2.08. The van der Waals surface area contributed by atoms with Crippen LogP contribution in [0.25, 0.3) is 0 Å². The fourth-order valence-corrected chi connectivity index (χ4v) is 5.76. The second-order valence-corrected chi connectivity index (χ2v) is 9.66. The third kappa shape index (κ3) is 3.82. The van der Waals surface area contributed by atoms with Crippen LogP contribution < -0.4 is 4.74 Å². The van der Waals surface area contributed by atoms with Crippen LogP contribution in [0.2, 0.25) is 0 Å². The van der Waals surface area contributed by atoms with Crippen LogP contribution in [0, 0.1) is 11.3 Å². The summed E-state index contributed by atoms with van der Waals surface area (Å²) in [5, 5.41) is 0. The lowest BCUT2D eigenvalue weighted by molar-refractivity contribution is -0.134. The first-order chi connectivity index (χ1) is 14.5. The van der Waals surface area contributed by atoms with Gasteiger partial charge in [0, 0.05) is 57.7 Å². The first kappa shape index (κ1) is 19.9. The number of nitrogens with zero attached hydrogens (tertiary/aromatic N) is 3. The van der Waals surface area contributed by atoms with Crippen molar-refractivity contribution in [3.63, 3.8) is 0 Å². The molecule has 0 unspecified atom stereocenters. The summed E-state index contributed by atoms with van der Waals surface area (Å²) in [5.74, 6) is 1.68. The second-order valence-electron chi connectivity index (χ2n) is 9.66. The van der Waals surface area contributed by atoms with E-state index in [1.54, 1.807) is 6.92 Å². The van der Waals surface area contributed by atoms with Gasteiger partial charge in [0.2, 0.25) is 11.8 Å². The zero-order chi connectivity index (χ0) is 20.7. The molecule has 2 aliphatic heterocycles. The van der Waals surface area contributed by atoms with Crippen molar-refractivity contribution in [2.75, 3.05) is 39.3 Å². The van der Waals surface area contributed by atoms with Crippen LogP contribution in [0.5, 0.6) is 5.75 Å². The number of rotatable bonds is 3. The Balaban J connectivity index is 1.24. The van der Waals surface area contributed by atoms with Gasteiger partial charge in [-0.3, -0.25) is 14.5 Å². The number of piperazine rings is 1. The Morgan fingerprint density at radius 2 is 1.83 bits per heavy atom. The van der Waals surface area contributed by atoms with Crippen LogP contribution in [0.4, 0.5) is 0 Å². The second kappa shape index (κ2) is 7.88. The van der Waals surface area contributed by atoms with E-state index < -0.39 is 0 Å². The Kier molecular flexibility index (Phi) is 5.21. The lowest BCUT2D eigenvalue weighted by Crippen LogP contribution is -2.47. The van der Waals surface area contributed by atoms with Gasteiger partial charge in [-0.1, -0.05) is 18.9 Å². The first-order valence-corrected chi connectivity index (χ1v) is 11.6. The Labute approximate surface area is 179 Å². The molecular formula is C24H33N3O3. The molecule has 5 rings (SSSR count). The molecule has 0 N–H and O–H groups in total. The highest BCUT2D eigenvalue weighted by atomic mass is 16.5. The molecule has 0 aromatic heterocycles. The van der Waals surface area contributed by atoms with Gasteiger partial charge >= 0.3 is 0 Å². The number of hydrogen-bond acceptors (Lipinski definition) is 4. The maximum Gasteiger partial charge on any atom is 0.226 e. The lowest BCUT2D eigenvalue weighted by atomic mass is 10.0. The van der Waals surface area contributed by atoms with E-state index >= 15 is 0 Å². The molecule has 2 aliphatic carbocycles. The molecule has 1 atom stereocenters. The molecular weight excluding hydrogens is 378 g/mol. The predicted molar refractivity (Wildman–Crippen MR) is 114 cm³/mol. The molecule has 0 radical (unpaired) electrons. The van der Waals surface area contributed by atoms with Gasteiger partial charge in [0.25, 0.3) is 0 Å². The summed E-state index contributed by atoms with van der Waals surface area (Å²) >= 11 is 0. The molecule has 1 aromatic carbocycles. The van der Waals surface area contributed by atoms with Crippen molar-refractivity contribution < 1.29 is 14.3 Å². The van der Waals surface area contributed by atoms with Crippen molar-refractivity contribution >= 4 is 11.8 Å². The number of carbonyl (C=O) groups is 2. The molecule has 4 aliphatic rings. The summed E-state index contributed by atoms with van der Waals surface area (Å²) in [6, 6.07) is 6.43. The normalized spacial score (nSPS) is 25.6. The van der Waals surface area contributed by atoms with Crippen molar-refractivity contribution in [3.05, 3.63) is 29.3 Å². The summed E-state index contributed by atoms with van der Waals surface area (Å²) in [5.41, 5.74) is 2.72. The van der Waals surface area contributed by atoms with Gasteiger partial charge in [0.05, 0.1) is 6.54 Å². The van der Waals surface area contributed by atoms with Crippen LogP contribution in [-0.2, 0) is 22.7 Å². The fraction of sp³-hybridized carbons (Fsp3) is 0.667. The maximum atomic E-state index is 13.2. The number of amides is 2. The Morgan fingerprint density at radius 1 is 1.07 bits per heavy atom. The quantitative estimate of drug-likeness (QED) is 0.767. The molecule has 1 saturated heterocycles. The summed E-state index contributed by atoms with van der Waals surface area (Å²) in [6.45, 7) is 7.84. The molecule has 2 amide bonds. The third-order valence-corrected chi connectivity index (χ3v) is 7.73. The van der Waals surface area contributed by atoms with Crippen LogP contribution in [0.15, 0.2) is 18.2 Å². The SMILES string of the molecule is CC(=O)N1CCN(Cc2ccc3c(c2)CN(C(=O)[C@@H]2CC24CCCC4)CCO3)CC1. The molecule has 1 spiro atoms. The smallest absolute Gasteiger partial charge is 0.226 e. The zero-order valence-electron chi connectivity index (χ0n) is 18.1. The zero-order valence-corrected chi connectivity index (χ0v) is 18.1. The average molecular weight is 412 g/mol. The van der Waals surface area contributed by atoms with Crippen LogP contribution >= 0.6 is 0 Å². The lowest BCUT2D eigenvalue weighted by Gasteiger charge is -2.34. The molecule has 6 nitrogen and oxygen atoms in total.